The SMILES string of the molecule is O=C(Cc1ccccc1)Nc1ccc(NC2CC2)cn1. The Hall–Kier alpha value is -2.36. The van der Waals surface area contributed by atoms with Crippen molar-refractivity contribution in [3.63, 3.8) is 0 Å². The van der Waals surface area contributed by atoms with Gasteiger partial charge in [-0.2, -0.15) is 0 Å². The number of anilines is 2. The highest BCUT2D eigenvalue weighted by Gasteiger charge is 2.20. The molecule has 1 aliphatic rings. The lowest BCUT2D eigenvalue weighted by Crippen LogP contribution is -2.15. The molecule has 0 spiro atoms. The van der Waals surface area contributed by atoms with Crippen molar-refractivity contribution in [3.8, 4) is 0 Å². The monoisotopic (exact) mass is 267 g/mol. The van der Waals surface area contributed by atoms with Gasteiger partial charge in [0.15, 0.2) is 0 Å². The van der Waals surface area contributed by atoms with Gasteiger partial charge in [0.1, 0.15) is 5.82 Å². The van der Waals surface area contributed by atoms with Gasteiger partial charge in [-0.3, -0.25) is 4.79 Å². The molecule has 1 aliphatic carbocycles. The number of hydrogen-bond donors (Lipinski definition) is 2. The zero-order valence-electron chi connectivity index (χ0n) is 11.2. The van der Waals surface area contributed by atoms with Gasteiger partial charge in [0.05, 0.1) is 18.3 Å². The van der Waals surface area contributed by atoms with Crippen molar-refractivity contribution in [2.24, 2.45) is 0 Å². The smallest absolute Gasteiger partial charge is 0.229 e. The first-order valence-electron chi connectivity index (χ1n) is 6.86. The molecule has 1 aromatic heterocycles. The van der Waals surface area contributed by atoms with Crippen LogP contribution < -0.4 is 10.6 Å². The largest absolute Gasteiger partial charge is 0.381 e. The summed E-state index contributed by atoms with van der Waals surface area (Å²) in [5, 5.41) is 6.17. The van der Waals surface area contributed by atoms with E-state index in [0.29, 0.717) is 18.3 Å². The molecule has 20 heavy (non-hydrogen) atoms. The Morgan fingerprint density at radius 3 is 2.60 bits per heavy atom. The number of nitrogens with one attached hydrogen (secondary N) is 2. The molecule has 1 saturated carbocycles. The molecule has 3 rings (SSSR count). The van der Waals surface area contributed by atoms with Gasteiger partial charge in [0, 0.05) is 6.04 Å². The summed E-state index contributed by atoms with van der Waals surface area (Å²) in [4.78, 5) is 16.1. The Labute approximate surface area is 118 Å². The number of benzene rings is 1. The highest BCUT2D eigenvalue weighted by molar-refractivity contribution is 5.91. The van der Waals surface area contributed by atoms with Crippen molar-refractivity contribution in [1.29, 1.82) is 0 Å². The second-order valence-corrected chi connectivity index (χ2v) is 5.06. The first-order chi connectivity index (χ1) is 9.79. The summed E-state index contributed by atoms with van der Waals surface area (Å²) in [7, 11) is 0. The Bertz CT molecular complexity index is 576. The van der Waals surface area contributed by atoms with E-state index in [2.05, 4.69) is 15.6 Å². The Morgan fingerprint density at radius 1 is 1.15 bits per heavy atom. The van der Waals surface area contributed by atoms with Gasteiger partial charge in [0.25, 0.3) is 0 Å². The van der Waals surface area contributed by atoms with E-state index in [1.54, 1.807) is 6.20 Å². The molecule has 0 atom stereocenters. The van der Waals surface area contributed by atoms with Gasteiger partial charge in [-0.15, -0.1) is 0 Å². The Kier molecular flexibility index (Phi) is 3.63. The molecule has 0 bridgehead atoms. The lowest BCUT2D eigenvalue weighted by molar-refractivity contribution is -0.115. The molecular weight excluding hydrogens is 250 g/mol. The van der Waals surface area contributed by atoms with Crippen LogP contribution in [0.15, 0.2) is 48.7 Å². The third-order valence-electron chi connectivity index (χ3n) is 3.19. The molecular formula is C16H17N3O. The summed E-state index contributed by atoms with van der Waals surface area (Å²) in [6, 6.07) is 14.1. The van der Waals surface area contributed by atoms with E-state index in [1.165, 1.54) is 12.8 Å². The minimum absolute atomic E-state index is 0.0494. The van der Waals surface area contributed by atoms with Crippen LogP contribution in [0.5, 0.6) is 0 Å². The van der Waals surface area contributed by atoms with E-state index in [1.807, 2.05) is 42.5 Å². The molecule has 0 unspecified atom stereocenters. The highest BCUT2D eigenvalue weighted by atomic mass is 16.1. The normalized spacial score (nSPS) is 13.8. The maximum atomic E-state index is 11.9. The predicted octanol–water partition coefficient (Wildman–Crippen LogP) is 2.84. The Morgan fingerprint density at radius 2 is 1.95 bits per heavy atom. The minimum atomic E-state index is -0.0494. The molecule has 0 saturated heterocycles. The maximum Gasteiger partial charge on any atom is 0.229 e. The number of nitrogens with zero attached hydrogens (tertiary/aromatic N) is 1. The summed E-state index contributed by atoms with van der Waals surface area (Å²) >= 11 is 0. The van der Waals surface area contributed by atoms with Gasteiger partial charge >= 0.3 is 0 Å². The van der Waals surface area contributed by atoms with Crippen molar-refractivity contribution in [1.82, 2.24) is 4.98 Å². The molecule has 1 amide bonds. The summed E-state index contributed by atoms with van der Waals surface area (Å²) in [5.41, 5.74) is 2.01. The van der Waals surface area contributed by atoms with Crippen LogP contribution in [0.2, 0.25) is 0 Å². The summed E-state index contributed by atoms with van der Waals surface area (Å²) in [6.07, 6.45) is 4.59. The highest BCUT2D eigenvalue weighted by Crippen LogP contribution is 2.24. The molecule has 0 aliphatic heterocycles. The molecule has 4 heteroatoms. The van der Waals surface area contributed by atoms with Crippen LogP contribution in [-0.2, 0) is 11.2 Å². The number of aromatic nitrogens is 1. The zero-order valence-corrected chi connectivity index (χ0v) is 11.2. The van der Waals surface area contributed by atoms with Crippen LogP contribution >= 0.6 is 0 Å². The van der Waals surface area contributed by atoms with Crippen LogP contribution in [0.4, 0.5) is 11.5 Å². The fraction of sp³-hybridized carbons (Fsp3) is 0.250. The molecule has 1 aromatic carbocycles. The van der Waals surface area contributed by atoms with Gasteiger partial charge in [-0.1, -0.05) is 30.3 Å². The quantitative estimate of drug-likeness (QED) is 0.876. The van der Waals surface area contributed by atoms with Crippen molar-refractivity contribution in [2.75, 3.05) is 10.6 Å². The predicted molar refractivity (Wildman–Crippen MR) is 79.7 cm³/mol. The molecule has 1 fully saturated rings. The third-order valence-corrected chi connectivity index (χ3v) is 3.19. The number of hydrogen-bond acceptors (Lipinski definition) is 3. The van der Waals surface area contributed by atoms with E-state index in [4.69, 9.17) is 0 Å². The van der Waals surface area contributed by atoms with Crippen molar-refractivity contribution < 1.29 is 4.79 Å². The van der Waals surface area contributed by atoms with Crippen molar-refractivity contribution >= 4 is 17.4 Å². The number of carbonyl (C=O) groups is 1. The Balaban J connectivity index is 1.55. The summed E-state index contributed by atoms with van der Waals surface area (Å²) in [6.45, 7) is 0. The maximum absolute atomic E-state index is 11.9. The van der Waals surface area contributed by atoms with E-state index >= 15 is 0 Å². The number of pyridine rings is 1. The average Bonchev–Trinajstić information content (AvgIpc) is 3.26. The van der Waals surface area contributed by atoms with E-state index < -0.39 is 0 Å². The second-order valence-electron chi connectivity index (χ2n) is 5.06. The first-order valence-corrected chi connectivity index (χ1v) is 6.86. The fourth-order valence-corrected chi connectivity index (χ4v) is 1.98. The molecule has 1 heterocycles. The lowest BCUT2D eigenvalue weighted by Gasteiger charge is -2.07. The minimum Gasteiger partial charge on any atom is -0.381 e. The van der Waals surface area contributed by atoms with Gasteiger partial charge in [-0.05, 0) is 30.5 Å². The molecule has 2 aromatic rings. The molecule has 4 nitrogen and oxygen atoms in total. The second kappa shape index (κ2) is 5.74. The first kappa shape index (κ1) is 12.7. The number of amides is 1. The van der Waals surface area contributed by atoms with Crippen LogP contribution in [0.1, 0.15) is 18.4 Å². The lowest BCUT2D eigenvalue weighted by atomic mass is 10.1. The van der Waals surface area contributed by atoms with E-state index in [-0.39, 0.29) is 5.91 Å². The third kappa shape index (κ3) is 3.57. The van der Waals surface area contributed by atoms with E-state index in [0.717, 1.165) is 11.3 Å². The number of rotatable bonds is 5. The van der Waals surface area contributed by atoms with Gasteiger partial charge < -0.3 is 10.6 Å². The topological polar surface area (TPSA) is 54.0 Å². The molecule has 0 radical (unpaired) electrons. The summed E-state index contributed by atoms with van der Waals surface area (Å²) in [5.74, 6) is 0.541. The fourth-order valence-electron chi connectivity index (χ4n) is 1.98. The van der Waals surface area contributed by atoms with Crippen molar-refractivity contribution in [2.45, 2.75) is 25.3 Å². The van der Waals surface area contributed by atoms with Gasteiger partial charge in [-0.25, -0.2) is 4.98 Å². The van der Waals surface area contributed by atoms with E-state index in [9.17, 15) is 4.79 Å². The van der Waals surface area contributed by atoms with Crippen LogP contribution in [0, 0.1) is 0 Å². The zero-order chi connectivity index (χ0) is 13.8. The van der Waals surface area contributed by atoms with Crippen LogP contribution in [-0.4, -0.2) is 16.9 Å². The van der Waals surface area contributed by atoms with Gasteiger partial charge in [0.2, 0.25) is 5.91 Å². The molecule has 2 N–H and O–H groups in total. The van der Waals surface area contributed by atoms with Crippen molar-refractivity contribution in [3.05, 3.63) is 54.2 Å². The number of carbonyl (C=O) groups excluding carboxylic acids is 1. The van der Waals surface area contributed by atoms with Crippen LogP contribution in [0.3, 0.4) is 0 Å². The molecule has 102 valence electrons. The summed E-state index contributed by atoms with van der Waals surface area (Å²) < 4.78 is 0. The standard InChI is InChI=1S/C16H17N3O/c20-16(10-12-4-2-1-3-5-12)19-15-9-8-14(11-17-15)18-13-6-7-13/h1-5,8-9,11,13,18H,6-7,10H2,(H,17,19,20). The van der Waals surface area contributed by atoms with Crippen LogP contribution in [0.25, 0.3) is 0 Å². The average molecular weight is 267 g/mol.